The van der Waals surface area contributed by atoms with Crippen molar-refractivity contribution >= 4 is 23.2 Å². The van der Waals surface area contributed by atoms with Crippen LogP contribution < -0.4 is 10.6 Å². The predicted octanol–water partition coefficient (Wildman–Crippen LogP) is 4.34. The highest BCUT2D eigenvalue weighted by atomic mass is 32.1. The van der Waals surface area contributed by atoms with Crippen LogP contribution in [0.5, 0.6) is 0 Å². The number of benzene rings is 1. The Balaban J connectivity index is 1.26. The second kappa shape index (κ2) is 9.71. The highest BCUT2D eigenvalue weighted by Crippen LogP contribution is 2.30. The lowest BCUT2D eigenvalue weighted by Gasteiger charge is -2.07. The molecule has 40 heavy (non-hydrogen) atoms. The van der Waals surface area contributed by atoms with Crippen LogP contribution in [0.25, 0.3) is 45.5 Å². The molecule has 7 rings (SSSR count). The number of nitrogens with one attached hydrogen (secondary N) is 2. The summed E-state index contributed by atoms with van der Waals surface area (Å²) in [5.41, 5.74) is 3.79. The summed E-state index contributed by atoms with van der Waals surface area (Å²) in [4.78, 5) is 47.7. The molecule has 1 aliphatic heterocycles. The van der Waals surface area contributed by atoms with Crippen molar-refractivity contribution in [1.82, 2.24) is 35.6 Å². The lowest BCUT2D eigenvalue weighted by atomic mass is 10.1. The van der Waals surface area contributed by atoms with Crippen molar-refractivity contribution < 1.29 is 22.8 Å². The molecule has 6 aromatic rings. The zero-order valence-electron chi connectivity index (χ0n) is 20.5. The number of pyridine rings is 1. The molecule has 0 fully saturated rings. The smallest absolute Gasteiger partial charge is 0.273 e. The van der Waals surface area contributed by atoms with Crippen LogP contribution >= 0.6 is 11.3 Å². The summed E-state index contributed by atoms with van der Waals surface area (Å²) < 4.78 is 16.7. The summed E-state index contributed by atoms with van der Waals surface area (Å²) >= 11 is 1.35. The van der Waals surface area contributed by atoms with Crippen molar-refractivity contribution in [3.8, 4) is 45.5 Å². The van der Waals surface area contributed by atoms with Gasteiger partial charge in [-0.15, -0.1) is 11.3 Å². The Morgan fingerprint density at radius 2 is 1.15 bits per heavy atom. The number of fused-ring (bicyclic) bond motifs is 16. The molecule has 0 atom stereocenters. The van der Waals surface area contributed by atoms with Gasteiger partial charge in [0.05, 0.1) is 5.69 Å². The Bertz CT molecular complexity index is 1760. The van der Waals surface area contributed by atoms with Gasteiger partial charge in [0.2, 0.25) is 17.7 Å². The summed E-state index contributed by atoms with van der Waals surface area (Å²) in [5.74, 6) is -0.196. The van der Waals surface area contributed by atoms with Gasteiger partial charge < -0.3 is 23.9 Å². The van der Waals surface area contributed by atoms with Crippen LogP contribution in [0.1, 0.15) is 32.1 Å². The maximum Gasteiger partial charge on any atom is 0.273 e. The van der Waals surface area contributed by atoms with Gasteiger partial charge in [-0.05, 0) is 23.3 Å². The van der Waals surface area contributed by atoms with Gasteiger partial charge in [-0.3, -0.25) is 9.59 Å². The van der Waals surface area contributed by atoms with E-state index in [1.807, 2.05) is 36.4 Å². The van der Waals surface area contributed by atoms with E-state index in [0.717, 1.165) is 11.1 Å². The lowest BCUT2D eigenvalue weighted by molar-refractivity contribution is 0.0938. The third-order valence-corrected chi connectivity index (χ3v) is 6.87. The van der Waals surface area contributed by atoms with Crippen LogP contribution in [0, 0.1) is 0 Å². The van der Waals surface area contributed by atoms with Gasteiger partial charge >= 0.3 is 0 Å². The first-order valence-electron chi connectivity index (χ1n) is 12.0. The number of thiazole rings is 1. The highest BCUT2D eigenvalue weighted by molar-refractivity contribution is 7.13. The fourth-order valence-corrected chi connectivity index (χ4v) is 4.80. The minimum absolute atomic E-state index is 0.101. The first kappa shape index (κ1) is 23.7. The molecular weight excluding hydrogens is 534 g/mol. The van der Waals surface area contributed by atoms with E-state index < -0.39 is 5.91 Å². The van der Waals surface area contributed by atoms with E-state index >= 15 is 0 Å². The fraction of sp³-hybridized carbons (Fsp3) is 0.0741. The minimum Gasteiger partial charge on any atom is -0.442 e. The molecule has 0 spiro atoms. The predicted molar refractivity (Wildman–Crippen MR) is 141 cm³/mol. The molecule has 12 nitrogen and oxygen atoms in total. The molecule has 13 heteroatoms. The Kier molecular flexibility index (Phi) is 5.74. The van der Waals surface area contributed by atoms with E-state index in [4.69, 9.17) is 13.3 Å². The summed E-state index contributed by atoms with van der Waals surface area (Å²) in [6, 6.07) is 12.8. The van der Waals surface area contributed by atoms with Gasteiger partial charge in [0, 0.05) is 18.5 Å². The van der Waals surface area contributed by atoms with Crippen molar-refractivity contribution in [1.29, 1.82) is 0 Å². The molecule has 5 aromatic heterocycles. The maximum atomic E-state index is 12.7. The number of oxazole rings is 3. The van der Waals surface area contributed by atoms with Crippen molar-refractivity contribution in [2.45, 2.75) is 13.1 Å². The number of nitrogens with zero attached hydrogens (tertiary/aromatic N) is 5. The molecular formula is C27H17N7O5S. The number of hydrogen-bond donors (Lipinski definition) is 2. The Morgan fingerprint density at radius 3 is 1.85 bits per heavy atom. The SMILES string of the molecule is O=C1NCc2cccc(c2)CNC(=O)c2coc(n2)-c2csc(n2)-c2cccc(n2)-c2nc(co2)-c2nc1co2. The summed E-state index contributed by atoms with van der Waals surface area (Å²) in [5, 5.41) is 8.06. The van der Waals surface area contributed by atoms with Gasteiger partial charge in [-0.1, -0.05) is 30.3 Å². The number of hydrogen-bond acceptors (Lipinski definition) is 11. The summed E-state index contributed by atoms with van der Waals surface area (Å²) in [7, 11) is 0. The molecule has 196 valence electrons. The Hall–Kier alpha value is -5.43. The van der Waals surface area contributed by atoms with Gasteiger partial charge in [0.15, 0.2) is 17.1 Å². The molecule has 1 aromatic carbocycles. The van der Waals surface area contributed by atoms with Gasteiger partial charge in [0.25, 0.3) is 11.8 Å². The van der Waals surface area contributed by atoms with Crippen LogP contribution in [-0.2, 0) is 13.1 Å². The Labute approximate surface area is 229 Å². The van der Waals surface area contributed by atoms with Crippen molar-refractivity contribution in [2.75, 3.05) is 0 Å². The van der Waals surface area contributed by atoms with E-state index in [9.17, 15) is 9.59 Å². The second-order valence-electron chi connectivity index (χ2n) is 8.74. The average Bonchev–Trinajstić information content (AvgIpc) is 3.80. The minimum atomic E-state index is -0.411. The van der Waals surface area contributed by atoms with E-state index in [1.54, 1.807) is 11.4 Å². The van der Waals surface area contributed by atoms with Gasteiger partial charge in [-0.25, -0.2) is 24.9 Å². The summed E-state index contributed by atoms with van der Waals surface area (Å²) in [6.45, 7) is 0.513. The first-order chi connectivity index (χ1) is 19.6. The van der Waals surface area contributed by atoms with Crippen LogP contribution in [0.3, 0.4) is 0 Å². The lowest BCUT2D eigenvalue weighted by Crippen LogP contribution is -2.24. The monoisotopic (exact) mass is 551 g/mol. The van der Waals surface area contributed by atoms with Crippen molar-refractivity contribution in [3.63, 3.8) is 0 Å². The molecule has 2 N–H and O–H groups in total. The molecule has 0 saturated carbocycles. The van der Waals surface area contributed by atoms with Gasteiger partial charge in [-0.2, -0.15) is 0 Å². The van der Waals surface area contributed by atoms with Crippen LogP contribution in [0.4, 0.5) is 0 Å². The second-order valence-corrected chi connectivity index (χ2v) is 9.60. The third kappa shape index (κ3) is 4.54. The number of carbonyl (C=O) groups is 2. The molecule has 0 aliphatic carbocycles. The van der Waals surface area contributed by atoms with Crippen molar-refractivity contribution in [3.05, 3.63) is 89.1 Å². The molecule has 2 amide bonds. The first-order valence-corrected chi connectivity index (χ1v) is 12.9. The normalized spacial score (nSPS) is 13.3. The molecule has 6 heterocycles. The topological polar surface area (TPSA) is 162 Å². The van der Waals surface area contributed by atoms with Gasteiger partial charge in [0.1, 0.15) is 35.2 Å². The zero-order valence-corrected chi connectivity index (χ0v) is 21.3. The number of carbonyl (C=O) groups excluding carboxylic acids is 2. The largest absolute Gasteiger partial charge is 0.442 e. The van der Waals surface area contributed by atoms with E-state index in [0.29, 0.717) is 27.8 Å². The van der Waals surface area contributed by atoms with Crippen LogP contribution in [0.15, 0.2) is 79.9 Å². The van der Waals surface area contributed by atoms with Crippen LogP contribution in [-0.4, -0.2) is 36.7 Å². The van der Waals surface area contributed by atoms with E-state index in [2.05, 4.69) is 35.6 Å². The molecule has 0 unspecified atom stereocenters. The van der Waals surface area contributed by atoms with E-state index in [1.165, 1.54) is 30.1 Å². The standard InChI is InChI=1S/C27H17N7O5S/c35-22-18-10-37-25(31-18)20-12-39-24(33-20)16-5-2-6-17(30-16)27-34-21(13-40-27)26-32-19(11-38-26)23(36)29-9-15-4-1-3-14(7-15)8-28-22/h1-7,10-13H,8-9H2,(H,28,35)(H,29,36). The highest BCUT2D eigenvalue weighted by Gasteiger charge is 2.20. The molecule has 0 saturated heterocycles. The molecule has 12 bridgehead atoms. The summed E-state index contributed by atoms with van der Waals surface area (Å²) in [6.07, 6.45) is 3.95. The average molecular weight is 552 g/mol. The number of rotatable bonds is 0. The Morgan fingerprint density at radius 1 is 0.600 bits per heavy atom. The quantitative estimate of drug-likeness (QED) is 0.278. The maximum absolute atomic E-state index is 12.7. The molecule has 1 aliphatic rings. The third-order valence-electron chi connectivity index (χ3n) is 6.01. The van der Waals surface area contributed by atoms with Crippen LogP contribution in [0.2, 0.25) is 0 Å². The fourth-order valence-electron chi connectivity index (χ4n) is 4.04. The number of amides is 2. The zero-order chi connectivity index (χ0) is 27.1. The van der Waals surface area contributed by atoms with Crippen molar-refractivity contribution in [2.24, 2.45) is 0 Å². The molecule has 0 radical (unpaired) electrons. The van der Waals surface area contributed by atoms with E-state index in [-0.39, 0.29) is 48.1 Å². The number of aromatic nitrogens is 5.